The molecule has 110 valence electrons. The molecule has 1 atom stereocenters. The van der Waals surface area contributed by atoms with Gasteiger partial charge in [0.05, 0.1) is 11.7 Å². The van der Waals surface area contributed by atoms with Crippen molar-refractivity contribution < 1.29 is 9.52 Å². The molecule has 2 aromatic rings. The summed E-state index contributed by atoms with van der Waals surface area (Å²) in [5.41, 5.74) is 1.19. The summed E-state index contributed by atoms with van der Waals surface area (Å²) in [5, 5.41) is 10.6. The molecule has 1 N–H and O–H groups in total. The average Bonchev–Trinajstić information content (AvgIpc) is 2.48. The first-order valence-electron chi connectivity index (χ1n) is 7.05. The molecule has 0 aliphatic heterocycles. The fraction of sp³-hybridized carbons (Fsp3) is 0.353. The molecule has 0 amide bonds. The molecule has 0 saturated carbocycles. The highest BCUT2D eigenvalue weighted by Crippen LogP contribution is 2.24. The van der Waals surface area contributed by atoms with Crippen LogP contribution in [0.15, 0.2) is 33.5 Å². The van der Waals surface area contributed by atoms with Crippen molar-refractivity contribution in [2.75, 3.05) is 18.0 Å². The van der Waals surface area contributed by atoms with Crippen LogP contribution < -0.4 is 10.5 Å². The summed E-state index contributed by atoms with van der Waals surface area (Å²) >= 11 is 0. The number of terminal acetylenes is 1. The molecular weight excluding hydrogens is 266 g/mol. The number of benzene rings is 1. The lowest BCUT2D eigenvalue weighted by Crippen LogP contribution is -2.21. The van der Waals surface area contributed by atoms with Gasteiger partial charge in [0.2, 0.25) is 0 Å². The summed E-state index contributed by atoms with van der Waals surface area (Å²) in [4.78, 5) is 14.1. The van der Waals surface area contributed by atoms with E-state index in [0.29, 0.717) is 5.58 Å². The zero-order chi connectivity index (χ0) is 15.4. The van der Waals surface area contributed by atoms with E-state index in [9.17, 15) is 9.90 Å². The minimum Gasteiger partial charge on any atom is -0.422 e. The van der Waals surface area contributed by atoms with Gasteiger partial charge in [-0.05, 0) is 32.0 Å². The number of rotatable bonds is 5. The molecular formula is C17H19NO3. The maximum absolute atomic E-state index is 12.0. The van der Waals surface area contributed by atoms with Crippen molar-refractivity contribution >= 4 is 16.7 Å². The lowest BCUT2D eigenvalue weighted by Gasteiger charge is -2.21. The van der Waals surface area contributed by atoms with Gasteiger partial charge in [-0.25, -0.2) is 4.79 Å². The van der Waals surface area contributed by atoms with Crippen LogP contribution in [0.5, 0.6) is 0 Å². The Bertz CT molecular complexity index is 723. The van der Waals surface area contributed by atoms with E-state index in [0.717, 1.165) is 24.2 Å². The van der Waals surface area contributed by atoms with Gasteiger partial charge in [0.25, 0.3) is 0 Å². The van der Waals surface area contributed by atoms with Gasteiger partial charge in [-0.1, -0.05) is 0 Å². The fourth-order valence-electron chi connectivity index (χ4n) is 2.36. The first-order valence-corrected chi connectivity index (χ1v) is 7.05. The van der Waals surface area contributed by atoms with E-state index in [1.165, 1.54) is 0 Å². The molecule has 0 aliphatic carbocycles. The molecule has 0 aliphatic rings. The zero-order valence-electron chi connectivity index (χ0n) is 12.3. The third-order valence-electron chi connectivity index (χ3n) is 3.55. The van der Waals surface area contributed by atoms with Crippen molar-refractivity contribution in [3.05, 3.63) is 40.2 Å². The smallest absolute Gasteiger partial charge is 0.342 e. The van der Waals surface area contributed by atoms with Crippen molar-refractivity contribution in [3.8, 4) is 12.3 Å². The van der Waals surface area contributed by atoms with E-state index < -0.39 is 11.7 Å². The van der Waals surface area contributed by atoms with Gasteiger partial charge < -0.3 is 14.4 Å². The number of hydrogen-bond acceptors (Lipinski definition) is 4. The summed E-state index contributed by atoms with van der Waals surface area (Å²) in [6, 6.07) is 7.36. The van der Waals surface area contributed by atoms with Gasteiger partial charge >= 0.3 is 5.63 Å². The highest BCUT2D eigenvalue weighted by molar-refractivity contribution is 5.81. The van der Waals surface area contributed by atoms with Crippen LogP contribution >= 0.6 is 0 Å². The van der Waals surface area contributed by atoms with Gasteiger partial charge in [-0.3, -0.25) is 0 Å². The monoisotopic (exact) mass is 285 g/mol. The molecule has 21 heavy (non-hydrogen) atoms. The number of anilines is 1. The Morgan fingerprint density at radius 1 is 1.33 bits per heavy atom. The maximum atomic E-state index is 12.0. The zero-order valence-corrected chi connectivity index (χ0v) is 12.3. The Balaban J connectivity index is 2.50. The van der Waals surface area contributed by atoms with E-state index in [-0.39, 0.29) is 12.0 Å². The minimum atomic E-state index is -0.988. The SMILES string of the molecule is C#CCC(O)c1cc2ccc(N(CC)CC)cc2oc1=O. The molecule has 1 aromatic carbocycles. The van der Waals surface area contributed by atoms with Crippen LogP contribution in [0.1, 0.15) is 31.9 Å². The van der Waals surface area contributed by atoms with Crippen molar-refractivity contribution in [2.45, 2.75) is 26.4 Å². The Hall–Kier alpha value is -2.25. The molecule has 0 bridgehead atoms. The lowest BCUT2D eigenvalue weighted by atomic mass is 10.1. The van der Waals surface area contributed by atoms with Crippen molar-refractivity contribution in [1.29, 1.82) is 0 Å². The van der Waals surface area contributed by atoms with E-state index >= 15 is 0 Å². The topological polar surface area (TPSA) is 53.7 Å². The Morgan fingerprint density at radius 3 is 2.67 bits per heavy atom. The Morgan fingerprint density at radius 2 is 2.05 bits per heavy atom. The van der Waals surface area contributed by atoms with E-state index in [1.807, 2.05) is 18.2 Å². The van der Waals surface area contributed by atoms with Gasteiger partial charge in [-0.2, -0.15) is 0 Å². The van der Waals surface area contributed by atoms with Gasteiger partial charge in [0.1, 0.15) is 5.58 Å². The second-order valence-corrected chi connectivity index (χ2v) is 4.81. The number of fused-ring (bicyclic) bond motifs is 1. The number of aliphatic hydroxyl groups is 1. The second kappa shape index (κ2) is 6.47. The second-order valence-electron chi connectivity index (χ2n) is 4.81. The molecule has 0 saturated heterocycles. The normalized spacial score (nSPS) is 12.1. The number of hydrogen-bond donors (Lipinski definition) is 1. The van der Waals surface area contributed by atoms with Crippen molar-refractivity contribution in [2.24, 2.45) is 0 Å². The van der Waals surface area contributed by atoms with Crippen molar-refractivity contribution in [3.63, 3.8) is 0 Å². The number of nitrogens with zero attached hydrogens (tertiary/aromatic N) is 1. The predicted octanol–water partition coefficient (Wildman–Crippen LogP) is 2.70. The summed E-state index contributed by atoms with van der Waals surface area (Å²) in [6.45, 7) is 5.91. The van der Waals surface area contributed by atoms with Gasteiger partial charge in [0, 0.05) is 36.7 Å². The molecule has 1 unspecified atom stereocenters. The molecule has 0 radical (unpaired) electrons. The molecule has 4 nitrogen and oxygen atoms in total. The predicted molar refractivity (Wildman–Crippen MR) is 84.5 cm³/mol. The molecule has 2 rings (SSSR count). The highest BCUT2D eigenvalue weighted by Gasteiger charge is 2.14. The molecule has 0 spiro atoms. The standard InChI is InChI=1S/C17H19NO3/c1-4-7-15(19)14-10-12-8-9-13(18(5-2)6-3)11-16(12)21-17(14)20/h1,8-11,15,19H,5-7H2,2-3H3. The molecule has 0 fully saturated rings. The molecule has 4 heteroatoms. The summed E-state index contributed by atoms with van der Waals surface area (Å²) in [6.07, 6.45) is 4.27. The van der Waals surface area contributed by atoms with Gasteiger partial charge in [0.15, 0.2) is 0 Å². The van der Waals surface area contributed by atoms with Crippen LogP contribution in [0.2, 0.25) is 0 Å². The average molecular weight is 285 g/mol. The largest absolute Gasteiger partial charge is 0.422 e. The fourth-order valence-corrected chi connectivity index (χ4v) is 2.36. The summed E-state index contributed by atoms with van der Waals surface area (Å²) in [5.74, 6) is 2.34. The Kier molecular flexibility index (Phi) is 4.66. The van der Waals surface area contributed by atoms with Crippen LogP contribution in [0.3, 0.4) is 0 Å². The third-order valence-corrected chi connectivity index (χ3v) is 3.55. The third kappa shape index (κ3) is 3.09. The van der Waals surface area contributed by atoms with Crippen molar-refractivity contribution in [1.82, 2.24) is 0 Å². The molecule has 1 aromatic heterocycles. The maximum Gasteiger partial charge on any atom is 0.342 e. The highest BCUT2D eigenvalue weighted by atomic mass is 16.4. The Labute approximate surface area is 124 Å². The van der Waals surface area contributed by atoms with E-state index in [1.54, 1.807) is 6.07 Å². The minimum absolute atomic E-state index is 0.0911. The summed E-state index contributed by atoms with van der Waals surface area (Å²) in [7, 11) is 0. The van der Waals surface area contributed by atoms with Crippen LogP contribution in [0.4, 0.5) is 5.69 Å². The van der Waals surface area contributed by atoms with Crippen LogP contribution in [-0.2, 0) is 0 Å². The lowest BCUT2D eigenvalue weighted by molar-refractivity contribution is 0.179. The van der Waals surface area contributed by atoms with Gasteiger partial charge in [-0.15, -0.1) is 12.3 Å². The first kappa shape index (κ1) is 15.1. The van der Waals surface area contributed by atoms with Crippen LogP contribution in [-0.4, -0.2) is 18.2 Å². The van der Waals surface area contributed by atoms with E-state index in [4.69, 9.17) is 10.8 Å². The van der Waals surface area contributed by atoms with Crippen LogP contribution in [0, 0.1) is 12.3 Å². The number of aliphatic hydroxyl groups excluding tert-OH is 1. The first-order chi connectivity index (χ1) is 10.1. The quantitative estimate of drug-likeness (QED) is 0.678. The molecule has 1 heterocycles. The summed E-state index contributed by atoms with van der Waals surface area (Å²) < 4.78 is 5.33. The van der Waals surface area contributed by atoms with Crippen LogP contribution in [0.25, 0.3) is 11.0 Å². The van der Waals surface area contributed by atoms with E-state index in [2.05, 4.69) is 24.7 Å².